The fourth-order valence-corrected chi connectivity index (χ4v) is 5.06. The molecule has 1 N–H and O–H groups in total. The number of hydrogen-bond acceptors (Lipinski definition) is 5. The van der Waals surface area contributed by atoms with Crippen molar-refractivity contribution < 1.29 is 22.7 Å². The molecule has 2 aliphatic rings. The normalized spacial score (nSPS) is 18.3. The zero-order valence-electron chi connectivity index (χ0n) is 16.1. The fraction of sp³-hybridized carbons (Fsp3) is 0.333. The third kappa shape index (κ3) is 3.71. The largest absolute Gasteiger partial charge is 0.376 e. The summed E-state index contributed by atoms with van der Waals surface area (Å²) in [5.74, 6) is -0.543. The third-order valence-corrected chi connectivity index (χ3v) is 7.03. The lowest BCUT2D eigenvalue weighted by atomic mass is 10.0. The molecular formula is C21H22N2O5S. The van der Waals surface area contributed by atoms with Crippen LogP contribution in [0.5, 0.6) is 0 Å². The lowest BCUT2D eigenvalue weighted by molar-refractivity contribution is -0.121. The van der Waals surface area contributed by atoms with Crippen molar-refractivity contribution in [2.45, 2.75) is 36.2 Å². The van der Waals surface area contributed by atoms with Gasteiger partial charge in [-0.05, 0) is 35.4 Å². The molecular weight excluding hydrogens is 392 g/mol. The SMILES string of the molecule is COC1(CNS(=O)(=O)c2ccc(N3C(=O)CCC3=O)cc2)Cc2ccccc2C1. The molecule has 29 heavy (non-hydrogen) atoms. The van der Waals surface area contributed by atoms with E-state index < -0.39 is 15.6 Å². The molecule has 8 heteroatoms. The quantitative estimate of drug-likeness (QED) is 0.728. The first-order valence-electron chi connectivity index (χ1n) is 9.41. The fourth-order valence-electron chi connectivity index (χ4n) is 3.95. The Bertz CT molecular complexity index is 1020. The molecule has 4 rings (SSSR count). The number of methoxy groups -OCH3 is 1. The zero-order chi connectivity index (χ0) is 20.6. The molecule has 2 aromatic carbocycles. The number of imide groups is 1. The molecule has 0 aromatic heterocycles. The summed E-state index contributed by atoms with van der Waals surface area (Å²) in [6, 6.07) is 13.8. The number of carbonyl (C=O) groups excluding carboxylic acids is 2. The molecule has 1 saturated heterocycles. The molecule has 0 atom stereocenters. The monoisotopic (exact) mass is 414 g/mol. The van der Waals surface area contributed by atoms with E-state index in [1.54, 1.807) is 7.11 Å². The number of ether oxygens (including phenoxy) is 1. The van der Waals surface area contributed by atoms with Crippen LogP contribution in [0.25, 0.3) is 0 Å². The van der Waals surface area contributed by atoms with E-state index >= 15 is 0 Å². The van der Waals surface area contributed by atoms with Gasteiger partial charge in [0.2, 0.25) is 21.8 Å². The van der Waals surface area contributed by atoms with Crippen molar-refractivity contribution in [3.63, 3.8) is 0 Å². The molecule has 2 amide bonds. The van der Waals surface area contributed by atoms with Crippen LogP contribution < -0.4 is 9.62 Å². The highest BCUT2D eigenvalue weighted by Crippen LogP contribution is 2.32. The van der Waals surface area contributed by atoms with Gasteiger partial charge < -0.3 is 4.74 Å². The Hall–Kier alpha value is -2.55. The van der Waals surface area contributed by atoms with Crippen LogP contribution in [0, 0.1) is 0 Å². The summed E-state index contributed by atoms with van der Waals surface area (Å²) in [5.41, 5.74) is 2.09. The molecule has 1 fully saturated rings. The number of nitrogens with zero attached hydrogens (tertiary/aromatic N) is 1. The first-order valence-corrected chi connectivity index (χ1v) is 10.9. The number of rotatable bonds is 6. The molecule has 0 spiro atoms. The summed E-state index contributed by atoms with van der Waals surface area (Å²) in [4.78, 5) is 24.8. The minimum atomic E-state index is -3.77. The van der Waals surface area contributed by atoms with E-state index in [1.807, 2.05) is 24.3 Å². The lowest BCUT2D eigenvalue weighted by Gasteiger charge is -2.27. The van der Waals surface area contributed by atoms with Gasteiger partial charge in [-0.3, -0.25) is 14.5 Å². The predicted molar refractivity (Wildman–Crippen MR) is 107 cm³/mol. The van der Waals surface area contributed by atoms with Crippen LogP contribution in [-0.4, -0.2) is 39.5 Å². The molecule has 0 radical (unpaired) electrons. The number of benzene rings is 2. The summed E-state index contributed by atoms with van der Waals surface area (Å²) in [5, 5.41) is 0. The van der Waals surface area contributed by atoms with E-state index in [2.05, 4.69) is 4.72 Å². The Balaban J connectivity index is 1.48. The second-order valence-electron chi connectivity index (χ2n) is 7.45. The van der Waals surface area contributed by atoms with Gasteiger partial charge in [0.05, 0.1) is 16.2 Å². The van der Waals surface area contributed by atoms with Gasteiger partial charge in [-0.25, -0.2) is 13.1 Å². The van der Waals surface area contributed by atoms with Crippen LogP contribution in [0.3, 0.4) is 0 Å². The minimum absolute atomic E-state index is 0.0714. The van der Waals surface area contributed by atoms with Crippen LogP contribution in [0.1, 0.15) is 24.0 Å². The van der Waals surface area contributed by atoms with Gasteiger partial charge in [-0.2, -0.15) is 0 Å². The van der Waals surface area contributed by atoms with Gasteiger partial charge in [-0.1, -0.05) is 24.3 Å². The highest BCUT2D eigenvalue weighted by atomic mass is 32.2. The third-order valence-electron chi connectivity index (χ3n) is 5.62. The van der Waals surface area contributed by atoms with Crippen molar-refractivity contribution in [2.75, 3.05) is 18.6 Å². The smallest absolute Gasteiger partial charge is 0.240 e. The number of anilines is 1. The van der Waals surface area contributed by atoms with Crippen molar-refractivity contribution in [3.05, 3.63) is 59.7 Å². The summed E-state index contributed by atoms with van der Waals surface area (Å²) in [6.07, 6.45) is 1.64. The van der Waals surface area contributed by atoms with E-state index in [9.17, 15) is 18.0 Å². The molecule has 1 aliphatic carbocycles. The van der Waals surface area contributed by atoms with Gasteiger partial charge >= 0.3 is 0 Å². The van der Waals surface area contributed by atoms with E-state index in [4.69, 9.17) is 4.74 Å². The number of nitrogens with one attached hydrogen (secondary N) is 1. The standard InChI is InChI=1S/C21H22N2O5S/c1-28-21(12-15-4-2-3-5-16(15)13-21)14-22-29(26,27)18-8-6-17(7-9-18)23-19(24)10-11-20(23)25/h2-9,22H,10-14H2,1H3. The summed E-state index contributed by atoms with van der Waals surface area (Å²) >= 11 is 0. The molecule has 1 heterocycles. The number of carbonyl (C=O) groups is 2. The average Bonchev–Trinajstić information content (AvgIpc) is 3.26. The maximum Gasteiger partial charge on any atom is 0.240 e. The second kappa shape index (κ2) is 7.37. The van der Waals surface area contributed by atoms with Gasteiger partial charge in [0.1, 0.15) is 0 Å². The van der Waals surface area contributed by atoms with Crippen molar-refractivity contribution >= 4 is 27.5 Å². The van der Waals surface area contributed by atoms with Crippen LogP contribution in [0.2, 0.25) is 0 Å². The lowest BCUT2D eigenvalue weighted by Crippen LogP contribution is -2.45. The zero-order valence-corrected chi connectivity index (χ0v) is 16.9. The molecule has 1 aliphatic heterocycles. The molecule has 0 unspecified atom stereocenters. The predicted octanol–water partition coefficient (Wildman–Crippen LogP) is 1.80. The van der Waals surface area contributed by atoms with Crippen LogP contribution in [0.4, 0.5) is 5.69 Å². The molecule has 2 aromatic rings. The minimum Gasteiger partial charge on any atom is -0.376 e. The first-order chi connectivity index (χ1) is 13.8. The maximum atomic E-state index is 12.8. The van der Waals surface area contributed by atoms with Gasteiger partial charge in [-0.15, -0.1) is 0 Å². The van der Waals surface area contributed by atoms with Gasteiger partial charge in [0, 0.05) is 39.3 Å². The van der Waals surface area contributed by atoms with E-state index in [0.717, 1.165) is 16.0 Å². The Kier molecular flexibility index (Phi) is 5.02. The number of sulfonamides is 1. The molecule has 152 valence electrons. The maximum absolute atomic E-state index is 12.8. The summed E-state index contributed by atoms with van der Waals surface area (Å²) in [7, 11) is -2.17. The molecule has 0 bridgehead atoms. The van der Waals surface area contributed by atoms with E-state index in [0.29, 0.717) is 18.5 Å². The van der Waals surface area contributed by atoms with Crippen molar-refractivity contribution in [2.24, 2.45) is 0 Å². The second-order valence-corrected chi connectivity index (χ2v) is 9.22. The first kappa shape index (κ1) is 19.8. The molecule has 7 nitrogen and oxygen atoms in total. The molecule has 0 saturated carbocycles. The van der Waals surface area contributed by atoms with Gasteiger partial charge in [0.25, 0.3) is 0 Å². The van der Waals surface area contributed by atoms with E-state index in [-0.39, 0.29) is 36.1 Å². The highest BCUT2D eigenvalue weighted by Gasteiger charge is 2.38. The van der Waals surface area contributed by atoms with Crippen molar-refractivity contribution in [1.82, 2.24) is 4.72 Å². The number of fused-ring (bicyclic) bond motifs is 1. The number of amides is 2. The number of hydrogen-bond donors (Lipinski definition) is 1. The highest BCUT2D eigenvalue weighted by molar-refractivity contribution is 7.89. The van der Waals surface area contributed by atoms with E-state index in [1.165, 1.54) is 24.3 Å². The van der Waals surface area contributed by atoms with Crippen LogP contribution in [0.15, 0.2) is 53.4 Å². The van der Waals surface area contributed by atoms with Crippen molar-refractivity contribution in [1.29, 1.82) is 0 Å². The Labute approximate surface area is 169 Å². The Morgan fingerprint density at radius 3 is 2.03 bits per heavy atom. The topological polar surface area (TPSA) is 92.8 Å². The summed E-state index contributed by atoms with van der Waals surface area (Å²) in [6.45, 7) is 0.144. The Morgan fingerprint density at radius 1 is 0.966 bits per heavy atom. The average molecular weight is 414 g/mol. The van der Waals surface area contributed by atoms with Crippen LogP contribution in [-0.2, 0) is 37.2 Å². The Morgan fingerprint density at radius 2 is 1.52 bits per heavy atom. The summed E-state index contributed by atoms with van der Waals surface area (Å²) < 4.78 is 33.9. The van der Waals surface area contributed by atoms with Gasteiger partial charge in [0.15, 0.2) is 0 Å². The van der Waals surface area contributed by atoms with Crippen molar-refractivity contribution in [3.8, 4) is 0 Å². The van der Waals surface area contributed by atoms with Crippen LogP contribution >= 0.6 is 0 Å².